The molecule has 0 spiro atoms. The first kappa shape index (κ1) is 12.1. The molecule has 0 unspecified atom stereocenters. The van der Waals surface area contributed by atoms with Crippen molar-refractivity contribution in [1.29, 1.82) is 0 Å². The van der Waals surface area contributed by atoms with Gasteiger partial charge in [-0.05, 0) is 24.3 Å². The fourth-order valence-electron chi connectivity index (χ4n) is 2.50. The predicted octanol–water partition coefficient (Wildman–Crippen LogP) is 3.01. The van der Waals surface area contributed by atoms with Gasteiger partial charge in [-0.25, -0.2) is 4.98 Å². The summed E-state index contributed by atoms with van der Waals surface area (Å²) in [5, 5.41) is 0. The van der Waals surface area contributed by atoms with Crippen LogP contribution in [0.4, 0.5) is 0 Å². The smallest absolute Gasteiger partial charge is 0.172 e. The van der Waals surface area contributed by atoms with Gasteiger partial charge in [0.2, 0.25) is 0 Å². The van der Waals surface area contributed by atoms with E-state index < -0.39 is 0 Å². The summed E-state index contributed by atoms with van der Waals surface area (Å²) < 4.78 is 16.6. The molecule has 1 aliphatic heterocycles. The number of methoxy groups -OCH3 is 1. The molecule has 0 bridgehead atoms. The molecule has 1 N–H and O–H groups in total. The summed E-state index contributed by atoms with van der Waals surface area (Å²) in [6.45, 7) is 1.13. The number of benzene rings is 2. The predicted molar refractivity (Wildman–Crippen MR) is 79.1 cm³/mol. The lowest BCUT2D eigenvalue weighted by atomic mass is 10.1. The van der Waals surface area contributed by atoms with Crippen LogP contribution in [-0.4, -0.2) is 30.3 Å². The molecule has 4 rings (SSSR count). The number of rotatable bonds is 2. The van der Waals surface area contributed by atoms with Crippen LogP contribution in [-0.2, 0) is 0 Å². The van der Waals surface area contributed by atoms with E-state index in [1.807, 2.05) is 36.4 Å². The topological polar surface area (TPSA) is 56.4 Å². The maximum Gasteiger partial charge on any atom is 0.172 e. The number of hydrogen-bond acceptors (Lipinski definition) is 4. The first-order chi connectivity index (χ1) is 10.3. The van der Waals surface area contributed by atoms with Crippen LogP contribution in [0.1, 0.15) is 0 Å². The third kappa shape index (κ3) is 1.98. The zero-order chi connectivity index (χ0) is 14.2. The molecule has 5 heteroatoms. The van der Waals surface area contributed by atoms with Crippen molar-refractivity contribution in [2.45, 2.75) is 0 Å². The minimum absolute atomic E-state index is 0.554. The molecule has 2 heterocycles. The average molecular weight is 282 g/mol. The highest BCUT2D eigenvalue weighted by Crippen LogP contribution is 2.39. The number of ether oxygens (including phenoxy) is 3. The van der Waals surface area contributed by atoms with Gasteiger partial charge in [0.1, 0.15) is 24.8 Å². The second-order valence-electron chi connectivity index (χ2n) is 4.80. The molecule has 5 nitrogen and oxygen atoms in total. The summed E-state index contributed by atoms with van der Waals surface area (Å²) in [5.41, 5.74) is 2.72. The molecular weight excluding hydrogens is 268 g/mol. The van der Waals surface area contributed by atoms with Crippen LogP contribution >= 0.6 is 0 Å². The largest absolute Gasteiger partial charge is 0.497 e. The number of nitrogens with one attached hydrogen (secondary N) is 1. The zero-order valence-corrected chi connectivity index (χ0v) is 11.6. The van der Waals surface area contributed by atoms with Crippen molar-refractivity contribution < 1.29 is 14.2 Å². The minimum Gasteiger partial charge on any atom is -0.497 e. The molecule has 106 valence electrons. The number of fused-ring (bicyclic) bond motifs is 2. The van der Waals surface area contributed by atoms with Crippen molar-refractivity contribution >= 4 is 11.0 Å². The first-order valence-corrected chi connectivity index (χ1v) is 6.78. The normalized spacial score (nSPS) is 13.4. The summed E-state index contributed by atoms with van der Waals surface area (Å²) in [5.74, 6) is 3.07. The number of imidazole rings is 1. The van der Waals surface area contributed by atoms with E-state index in [2.05, 4.69) is 9.97 Å². The van der Waals surface area contributed by atoms with Crippen molar-refractivity contribution in [3.05, 3.63) is 36.4 Å². The van der Waals surface area contributed by atoms with E-state index >= 15 is 0 Å². The number of para-hydroxylation sites is 1. The molecule has 0 saturated heterocycles. The Kier molecular flexibility index (Phi) is 2.70. The van der Waals surface area contributed by atoms with E-state index in [1.165, 1.54) is 0 Å². The van der Waals surface area contributed by atoms with Gasteiger partial charge in [-0.2, -0.15) is 0 Å². The average Bonchev–Trinajstić information content (AvgIpc) is 2.97. The van der Waals surface area contributed by atoms with Crippen LogP contribution in [0.15, 0.2) is 36.4 Å². The zero-order valence-electron chi connectivity index (χ0n) is 11.6. The van der Waals surface area contributed by atoms with E-state index in [0.717, 1.165) is 39.7 Å². The summed E-state index contributed by atoms with van der Waals surface area (Å²) in [7, 11) is 1.65. The number of hydrogen-bond donors (Lipinski definition) is 1. The fourth-order valence-corrected chi connectivity index (χ4v) is 2.50. The van der Waals surface area contributed by atoms with Gasteiger partial charge in [-0.15, -0.1) is 0 Å². The van der Waals surface area contributed by atoms with Crippen LogP contribution in [0.2, 0.25) is 0 Å². The van der Waals surface area contributed by atoms with Crippen molar-refractivity contribution in [3.8, 4) is 28.6 Å². The third-order valence-corrected chi connectivity index (χ3v) is 3.51. The molecule has 0 amide bonds. The third-order valence-electron chi connectivity index (χ3n) is 3.51. The number of nitrogens with zero attached hydrogens (tertiary/aromatic N) is 1. The van der Waals surface area contributed by atoms with E-state index in [-0.39, 0.29) is 0 Å². The van der Waals surface area contributed by atoms with E-state index in [4.69, 9.17) is 14.2 Å². The summed E-state index contributed by atoms with van der Waals surface area (Å²) in [4.78, 5) is 7.93. The van der Waals surface area contributed by atoms with Crippen molar-refractivity contribution in [2.24, 2.45) is 0 Å². The highest BCUT2D eigenvalue weighted by Gasteiger charge is 2.18. The van der Waals surface area contributed by atoms with E-state index in [9.17, 15) is 0 Å². The Labute approximate surface area is 121 Å². The Balaban J connectivity index is 1.86. The molecule has 0 aliphatic carbocycles. The van der Waals surface area contributed by atoms with Crippen LogP contribution < -0.4 is 14.2 Å². The molecule has 1 aromatic heterocycles. The van der Waals surface area contributed by atoms with Crippen LogP contribution in [0.25, 0.3) is 22.4 Å². The monoisotopic (exact) mass is 282 g/mol. The SMILES string of the molecule is COc1ccc2nc(-c3cccc4c3OCCO4)[nH]c2c1. The Bertz CT molecular complexity index is 810. The van der Waals surface area contributed by atoms with E-state index in [0.29, 0.717) is 13.2 Å². The number of aromatic amines is 1. The molecule has 3 aromatic rings. The second kappa shape index (κ2) is 4.70. The lowest BCUT2D eigenvalue weighted by molar-refractivity contribution is 0.172. The Hall–Kier alpha value is -2.69. The molecule has 0 radical (unpaired) electrons. The van der Waals surface area contributed by atoms with E-state index in [1.54, 1.807) is 7.11 Å². The van der Waals surface area contributed by atoms with Crippen molar-refractivity contribution in [1.82, 2.24) is 9.97 Å². The standard InChI is InChI=1S/C16H14N2O3/c1-19-10-5-6-12-13(9-10)18-16(17-12)11-3-2-4-14-15(11)21-8-7-20-14/h2-6,9H,7-8H2,1H3,(H,17,18). The molecule has 0 saturated carbocycles. The lowest BCUT2D eigenvalue weighted by Gasteiger charge is -2.20. The van der Waals surface area contributed by atoms with Gasteiger partial charge in [0.25, 0.3) is 0 Å². The van der Waals surface area contributed by atoms with Gasteiger partial charge in [-0.1, -0.05) is 6.07 Å². The van der Waals surface area contributed by atoms with Crippen LogP contribution in [0.5, 0.6) is 17.2 Å². The quantitative estimate of drug-likeness (QED) is 0.785. The summed E-state index contributed by atoms with van der Waals surface area (Å²) in [6.07, 6.45) is 0. The first-order valence-electron chi connectivity index (χ1n) is 6.78. The highest BCUT2D eigenvalue weighted by molar-refractivity contribution is 5.82. The van der Waals surface area contributed by atoms with Gasteiger partial charge < -0.3 is 19.2 Å². The Morgan fingerprint density at radius 1 is 1.14 bits per heavy atom. The van der Waals surface area contributed by atoms with Crippen molar-refractivity contribution in [2.75, 3.05) is 20.3 Å². The molecular formula is C16H14N2O3. The minimum atomic E-state index is 0.554. The van der Waals surface area contributed by atoms with Gasteiger partial charge in [0.15, 0.2) is 11.5 Å². The Morgan fingerprint density at radius 2 is 2.05 bits per heavy atom. The number of aromatic nitrogens is 2. The maximum absolute atomic E-state index is 5.74. The second-order valence-corrected chi connectivity index (χ2v) is 4.80. The number of H-pyrrole nitrogens is 1. The van der Waals surface area contributed by atoms with Gasteiger partial charge in [-0.3, -0.25) is 0 Å². The fraction of sp³-hybridized carbons (Fsp3) is 0.188. The summed E-state index contributed by atoms with van der Waals surface area (Å²) >= 11 is 0. The highest BCUT2D eigenvalue weighted by atomic mass is 16.6. The van der Waals surface area contributed by atoms with Crippen molar-refractivity contribution in [3.63, 3.8) is 0 Å². The lowest BCUT2D eigenvalue weighted by Crippen LogP contribution is -2.15. The molecule has 1 aliphatic rings. The van der Waals surface area contributed by atoms with Crippen LogP contribution in [0.3, 0.4) is 0 Å². The maximum atomic E-state index is 5.74. The Morgan fingerprint density at radius 3 is 2.95 bits per heavy atom. The van der Waals surface area contributed by atoms with Crippen LogP contribution in [0, 0.1) is 0 Å². The summed E-state index contributed by atoms with van der Waals surface area (Å²) in [6, 6.07) is 11.6. The van der Waals surface area contributed by atoms with Gasteiger partial charge in [0, 0.05) is 6.07 Å². The molecule has 21 heavy (non-hydrogen) atoms. The van der Waals surface area contributed by atoms with Gasteiger partial charge in [0.05, 0.1) is 23.7 Å². The van der Waals surface area contributed by atoms with Gasteiger partial charge >= 0.3 is 0 Å². The molecule has 0 fully saturated rings. The molecule has 0 atom stereocenters. The molecule has 2 aromatic carbocycles.